The molecule has 1 amide bonds. The fourth-order valence-corrected chi connectivity index (χ4v) is 3.82. The van der Waals surface area contributed by atoms with Crippen molar-refractivity contribution in [3.63, 3.8) is 0 Å². The van der Waals surface area contributed by atoms with E-state index in [1.165, 1.54) is 16.7 Å². The number of oxazole rings is 1. The minimum atomic E-state index is 0.0997. The lowest BCUT2D eigenvalue weighted by molar-refractivity contribution is -0.121. The molecule has 1 aliphatic heterocycles. The lowest BCUT2D eigenvalue weighted by Gasteiger charge is -2.23. The van der Waals surface area contributed by atoms with Crippen molar-refractivity contribution in [2.24, 2.45) is 0 Å². The molecule has 2 aromatic carbocycles. The summed E-state index contributed by atoms with van der Waals surface area (Å²) in [5, 5.41) is 3.10. The summed E-state index contributed by atoms with van der Waals surface area (Å²) in [5.41, 5.74) is 5.46. The first kappa shape index (κ1) is 18.5. The van der Waals surface area contributed by atoms with Crippen LogP contribution in [0.2, 0.25) is 0 Å². The fourth-order valence-electron chi connectivity index (χ4n) is 3.82. The molecule has 1 unspecified atom stereocenters. The number of amides is 1. The summed E-state index contributed by atoms with van der Waals surface area (Å²) in [6.45, 7) is 5.76. The van der Waals surface area contributed by atoms with Crippen molar-refractivity contribution in [2.45, 2.75) is 45.6 Å². The number of carbonyl (C=O) groups is 1. The molecule has 1 saturated heterocycles. The summed E-state index contributed by atoms with van der Waals surface area (Å²) in [4.78, 5) is 19.1. The molecular weight excluding hydrogens is 350 g/mol. The fraction of sp³-hybridized carbons (Fsp3) is 0.391. The molecule has 0 bridgehead atoms. The van der Waals surface area contributed by atoms with Crippen LogP contribution in [-0.2, 0) is 11.2 Å². The first-order valence-electron chi connectivity index (χ1n) is 10.1. The molecule has 5 heteroatoms. The number of nitrogens with one attached hydrogen (secondary N) is 1. The highest BCUT2D eigenvalue weighted by atomic mass is 16.4. The average Bonchev–Trinajstić information content (AvgIpc) is 3.33. The van der Waals surface area contributed by atoms with Crippen LogP contribution in [0.4, 0.5) is 6.01 Å². The van der Waals surface area contributed by atoms with E-state index in [1.807, 2.05) is 24.3 Å². The molecule has 3 aromatic rings. The number of anilines is 1. The topological polar surface area (TPSA) is 58.4 Å². The Bertz CT molecular complexity index is 946. The number of rotatable bonds is 6. The van der Waals surface area contributed by atoms with E-state index >= 15 is 0 Å². The third-order valence-electron chi connectivity index (χ3n) is 5.65. The van der Waals surface area contributed by atoms with Crippen LogP contribution in [0.3, 0.4) is 0 Å². The van der Waals surface area contributed by atoms with Gasteiger partial charge in [0.25, 0.3) is 6.01 Å². The predicted molar refractivity (Wildman–Crippen MR) is 112 cm³/mol. The van der Waals surface area contributed by atoms with Crippen molar-refractivity contribution in [1.82, 2.24) is 10.3 Å². The summed E-state index contributed by atoms with van der Waals surface area (Å²) >= 11 is 0. The Morgan fingerprint density at radius 3 is 2.89 bits per heavy atom. The van der Waals surface area contributed by atoms with Crippen LogP contribution in [0.5, 0.6) is 0 Å². The quantitative estimate of drug-likeness (QED) is 0.701. The average molecular weight is 377 g/mol. The molecule has 5 nitrogen and oxygen atoms in total. The van der Waals surface area contributed by atoms with Crippen molar-refractivity contribution < 1.29 is 9.21 Å². The van der Waals surface area contributed by atoms with Gasteiger partial charge in [0.2, 0.25) is 5.91 Å². The molecule has 0 saturated carbocycles. The van der Waals surface area contributed by atoms with Gasteiger partial charge in [-0.3, -0.25) is 4.79 Å². The van der Waals surface area contributed by atoms with Crippen LogP contribution in [0, 0.1) is 13.8 Å². The van der Waals surface area contributed by atoms with Gasteiger partial charge >= 0.3 is 0 Å². The second-order valence-corrected chi connectivity index (χ2v) is 7.68. The van der Waals surface area contributed by atoms with E-state index in [4.69, 9.17) is 4.42 Å². The van der Waals surface area contributed by atoms with Gasteiger partial charge in [0, 0.05) is 19.5 Å². The molecule has 28 heavy (non-hydrogen) atoms. The van der Waals surface area contributed by atoms with Gasteiger partial charge in [0.15, 0.2) is 5.58 Å². The summed E-state index contributed by atoms with van der Waals surface area (Å²) in [5.74, 6) is 0.0997. The highest BCUT2D eigenvalue weighted by Gasteiger charge is 2.28. The van der Waals surface area contributed by atoms with Gasteiger partial charge in [-0.2, -0.15) is 4.98 Å². The molecule has 0 aliphatic carbocycles. The Labute approximate surface area is 165 Å². The molecule has 4 rings (SSSR count). The van der Waals surface area contributed by atoms with Gasteiger partial charge < -0.3 is 14.6 Å². The summed E-state index contributed by atoms with van der Waals surface area (Å²) < 4.78 is 5.92. The van der Waals surface area contributed by atoms with Crippen LogP contribution >= 0.6 is 0 Å². The van der Waals surface area contributed by atoms with Gasteiger partial charge in [-0.15, -0.1) is 0 Å². The van der Waals surface area contributed by atoms with Crippen molar-refractivity contribution >= 4 is 23.0 Å². The van der Waals surface area contributed by atoms with E-state index in [1.54, 1.807) is 0 Å². The molecule has 2 heterocycles. The van der Waals surface area contributed by atoms with E-state index in [2.05, 4.69) is 47.2 Å². The van der Waals surface area contributed by atoms with Gasteiger partial charge in [0.05, 0.1) is 6.04 Å². The number of hydrogen-bond donors (Lipinski definition) is 1. The van der Waals surface area contributed by atoms with Gasteiger partial charge in [-0.05, 0) is 61.9 Å². The summed E-state index contributed by atoms with van der Waals surface area (Å²) in [6.07, 6.45) is 3.41. The van der Waals surface area contributed by atoms with E-state index in [0.29, 0.717) is 19.0 Å². The lowest BCUT2D eigenvalue weighted by atomic mass is 10.0. The Morgan fingerprint density at radius 2 is 2.07 bits per heavy atom. The molecule has 0 spiro atoms. The van der Waals surface area contributed by atoms with Gasteiger partial charge in [-0.1, -0.05) is 30.3 Å². The zero-order valence-electron chi connectivity index (χ0n) is 16.6. The Morgan fingerprint density at radius 1 is 1.21 bits per heavy atom. The van der Waals surface area contributed by atoms with Gasteiger partial charge in [0.1, 0.15) is 5.52 Å². The third-order valence-corrected chi connectivity index (χ3v) is 5.65. The largest absolute Gasteiger partial charge is 0.423 e. The van der Waals surface area contributed by atoms with Crippen molar-refractivity contribution in [2.75, 3.05) is 18.0 Å². The molecule has 1 aliphatic rings. The lowest BCUT2D eigenvalue weighted by Crippen LogP contribution is -2.40. The van der Waals surface area contributed by atoms with Crippen LogP contribution in [0.1, 0.15) is 36.0 Å². The van der Waals surface area contributed by atoms with E-state index < -0.39 is 0 Å². The predicted octanol–water partition coefficient (Wildman–Crippen LogP) is 4.16. The molecule has 1 fully saturated rings. The number of aryl methyl sites for hydroxylation is 3. The first-order valence-corrected chi connectivity index (χ1v) is 10.1. The molecule has 146 valence electrons. The SMILES string of the molecule is Cc1ccc(CCC(=O)NCC2CCCN2c2nc3ccccc3o2)cc1C. The number of fused-ring (bicyclic) bond motifs is 1. The molecule has 0 radical (unpaired) electrons. The van der Waals surface area contributed by atoms with Crippen LogP contribution in [-0.4, -0.2) is 30.0 Å². The Kier molecular flexibility index (Phi) is 5.33. The normalized spacial score (nSPS) is 16.6. The number of carbonyl (C=O) groups excluding carboxylic acids is 1. The molecule has 1 atom stereocenters. The zero-order valence-corrected chi connectivity index (χ0v) is 16.6. The number of benzene rings is 2. The number of hydrogen-bond acceptors (Lipinski definition) is 4. The molecule has 1 aromatic heterocycles. The summed E-state index contributed by atoms with van der Waals surface area (Å²) in [7, 11) is 0. The first-order chi connectivity index (χ1) is 13.6. The molecule has 1 N–H and O–H groups in total. The van der Waals surface area contributed by atoms with Crippen LogP contribution in [0.15, 0.2) is 46.9 Å². The minimum absolute atomic E-state index is 0.0997. The standard InChI is InChI=1S/C23H27N3O2/c1-16-9-10-18(14-17(16)2)11-12-22(27)24-15-19-6-5-13-26(19)23-25-20-7-3-4-8-21(20)28-23/h3-4,7-10,14,19H,5-6,11-13,15H2,1-2H3,(H,24,27). The van der Waals surface area contributed by atoms with Crippen molar-refractivity contribution in [3.05, 3.63) is 59.2 Å². The summed E-state index contributed by atoms with van der Waals surface area (Å²) in [6, 6.07) is 15.1. The second-order valence-electron chi connectivity index (χ2n) is 7.68. The van der Waals surface area contributed by atoms with Crippen LogP contribution < -0.4 is 10.2 Å². The highest BCUT2D eigenvalue weighted by molar-refractivity contribution is 5.76. The van der Waals surface area contributed by atoms with Gasteiger partial charge in [-0.25, -0.2) is 0 Å². The van der Waals surface area contributed by atoms with Crippen LogP contribution in [0.25, 0.3) is 11.1 Å². The second kappa shape index (κ2) is 8.05. The van der Waals surface area contributed by atoms with E-state index in [0.717, 1.165) is 36.9 Å². The maximum atomic E-state index is 12.3. The minimum Gasteiger partial charge on any atom is -0.423 e. The number of aromatic nitrogens is 1. The van der Waals surface area contributed by atoms with Crippen molar-refractivity contribution in [3.8, 4) is 0 Å². The zero-order chi connectivity index (χ0) is 19.5. The van der Waals surface area contributed by atoms with Crippen molar-refractivity contribution in [1.29, 1.82) is 0 Å². The maximum Gasteiger partial charge on any atom is 0.298 e. The smallest absolute Gasteiger partial charge is 0.298 e. The Balaban J connectivity index is 1.31. The third kappa shape index (κ3) is 4.03. The van der Waals surface area contributed by atoms with E-state index in [-0.39, 0.29) is 11.9 Å². The Hall–Kier alpha value is -2.82. The number of para-hydroxylation sites is 2. The molecular formula is C23H27N3O2. The number of nitrogens with zero attached hydrogens (tertiary/aromatic N) is 2. The maximum absolute atomic E-state index is 12.3. The van der Waals surface area contributed by atoms with E-state index in [9.17, 15) is 4.79 Å². The highest BCUT2D eigenvalue weighted by Crippen LogP contribution is 2.28. The monoisotopic (exact) mass is 377 g/mol.